The third-order valence-electron chi connectivity index (χ3n) is 3.70. The van der Waals surface area contributed by atoms with E-state index in [4.69, 9.17) is 5.73 Å². The number of anilines is 1. The summed E-state index contributed by atoms with van der Waals surface area (Å²) in [5.41, 5.74) is 6.22. The minimum Gasteiger partial charge on any atom is -0.329 e. The van der Waals surface area contributed by atoms with Gasteiger partial charge in [-0.05, 0) is 34.8 Å². The summed E-state index contributed by atoms with van der Waals surface area (Å²) in [5.74, 6) is 0.0385. The Morgan fingerprint density at radius 3 is 2.78 bits per heavy atom. The van der Waals surface area contributed by atoms with Crippen molar-refractivity contribution < 1.29 is 4.79 Å². The van der Waals surface area contributed by atoms with Crippen molar-refractivity contribution in [1.82, 2.24) is 4.98 Å². The van der Waals surface area contributed by atoms with Crippen molar-refractivity contribution in [3.63, 3.8) is 0 Å². The first-order valence-corrected chi connectivity index (χ1v) is 7.08. The van der Waals surface area contributed by atoms with E-state index in [9.17, 15) is 4.79 Å². The van der Waals surface area contributed by atoms with E-state index in [0.717, 1.165) is 35.8 Å². The minimum absolute atomic E-state index is 0.0385. The van der Waals surface area contributed by atoms with Gasteiger partial charge in [0.2, 0.25) is 5.91 Å². The minimum atomic E-state index is -0.388. The van der Waals surface area contributed by atoms with Gasteiger partial charge >= 0.3 is 0 Å². The molecular formula is C13H18BrN3O. The first-order chi connectivity index (χ1) is 8.68. The van der Waals surface area contributed by atoms with E-state index < -0.39 is 0 Å². The molecule has 1 heterocycles. The molecule has 1 amide bonds. The van der Waals surface area contributed by atoms with Crippen molar-refractivity contribution in [1.29, 1.82) is 0 Å². The molecule has 0 atom stereocenters. The van der Waals surface area contributed by atoms with Gasteiger partial charge in [-0.1, -0.05) is 19.3 Å². The van der Waals surface area contributed by atoms with E-state index in [1.165, 1.54) is 6.42 Å². The molecular weight excluding hydrogens is 294 g/mol. The molecule has 0 bridgehead atoms. The average Bonchev–Trinajstić information content (AvgIpc) is 2.42. The van der Waals surface area contributed by atoms with Crippen LogP contribution in [0.25, 0.3) is 0 Å². The Morgan fingerprint density at radius 1 is 1.44 bits per heavy atom. The molecule has 3 N–H and O–H groups in total. The molecule has 2 rings (SSSR count). The number of nitrogens with zero attached hydrogens (tertiary/aromatic N) is 1. The Labute approximate surface area is 115 Å². The fourth-order valence-electron chi connectivity index (χ4n) is 2.48. The first kappa shape index (κ1) is 13.5. The van der Waals surface area contributed by atoms with Crippen molar-refractivity contribution in [3.8, 4) is 0 Å². The topological polar surface area (TPSA) is 68.0 Å². The molecule has 0 saturated heterocycles. The summed E-state index contributed by atoms with van der Waals surface area (Å²) in [6.07, 6.45) is 8.48. The van der Waals surface area contributed by atoms with Gasteiger partial charge in [0.25, 0.3) is 0 Å². The Bertz CT molecular complexity index is 430. The molecule has 98 valence electrons. The summed E-state index contributed by atoms with van der Waals surface area (Å²) in [6.45, 7) is 0.418. The maximum absolute atomic E-state index is 12.4. The number of nitrogens with two attached hydrogens (primary N) is 1. The lowest BCUT2D eigenvalue weighted by Crippen LogP contribution is -2.43. The van der Waals surface area contributed by atoms with E-state index in [1.807, 2.05) is 0 Å². The van der Waals surface area contributed by atoms with E-state index in [-0.39, 0.29) is 11.3 Å². The van der Waals surface area contributed by atoms with Crippen LogP contribution in [0.4, 0.5) is 5.69 Å². The quantitative estimate of drug-likeness (QED) is 0.901. The lowest BCUT2D eigenvalue weighted by atomic mass is 9.73. The van der Waals surface area contributed by atoms with Crippen LogP contribution in [0.5, 0.6) is 0 Å². The summed E-state index contributed by atoms with van der Waals surface area (Å²) < 4.78 is 0.793. The Kier molecular flexibility index (Phi) is 4.35. The summed E-state index contributed by atoms with van der Waals surface area (Å²) >= 11 is 3.38. The predicted molar refractivity (Wildman–Crippen MR) is 75.1 cm³/mol. The van der Waals surface area contributed by atoms with Crippen LogP contribution in [-0.2, 0) is 4.79 Å². The van der Waals surface area contributed by atoms with Gasteiger partial charge in [0.1, 0.15) is 0 Å². The standard InChI is InChI=1S/C13H18BrN3O/c14-10-8-16-7-4-11(10)17-12(18)13(9-15)5-2-1-3-6-13/h4,7-8H,1-3,5-6,9,15H2,(H,16,17,18). The van der Waals surface area contributed by atoms with Gasteiger partial charge in [-0.25, -0.2) is 0 Å². The predicted octanol–water partition coefficient (Wildman–Crippen LogP) is 2.69. The fraction of sp³-hybridized carbons (Fsp3) is 0.538. The van der Waals surface area contributed by atoms with Gasteiger partial charge in [0.05, 0.1) is 15.6 Å². The zero-order valence-corrected chi connectivity index (χ0v) is 11.9. The number of nitrogens with one attached hydrogen (secondary N) is 1. The van der Waals surface area contributed by atoms with Crippen molar-refractivity contribution in [2.75, 3.05) is 11.9 Å². The van der Waals surface area contributed by atoms with Gasteiger partial charge in [0.15, 0.2) is 0 Å². The molecule has 4 nitrogen and oxygen atoms in total. The van der Waals surface area contributed by atoms with Crippen molar-refractivity contribution in [2.45, 2.75) is 32.1 Å². The van der Waals surface area contributed by atoms with Crippen molar-refractivity contribution >= 4 is 27.5 Å². The number of carbonyl (C=O) groups excluding carboxylic acids is 1. The van der Waals surface area contributed by atoms with Crippen LogP contribution in [0.1, 0.15) is 32.1 Å². The normalized spacial score (nSPS) is 18.3. The van der Waals surface area contributed by atoms with Crippen LogP contribution in [0.2, 0.25) is 0 Å². The molecule has 1 aromatic rings. The summed E-state index contributed by atoms with van der Waals surface area (Å²) in [6, 6.07) is 1.79. The van der Waals surface area contributed by atoms with Gasteiger partial charge in [0, 0.05) is 18.9 Å². The average molecular weight is 312 g/mol. The maximum atomic E-state index is 12.4. The lowest BCUT2D eigenvalue weighted by Gasteiger charge is -2.34. The second kappa shape index (κ2) is 5.80. The number of carbonyl (C=O) groups is 1. The molecule has 5 heteroatoms. The van der Waals surface area contributed by atoms with Crippen LogP contribution in [-0.4, -0.2) is 17.4 Å². The monoisotopic (exact) mass is 311 g/mol. The highest BCUT2D eigenvalue weighted by Gasteiger charge is 2.38. The number of aromatic nitrogens is 1. The van der Waals surface area contributed by atoms with Crippen molar-refractivity contribution in [3.05, 3.63) is 22.9 Å². The second-order valence-electron chi connectivity index (χ2n) is 4.85. The van der Waals surface area contributed by atoms with Crippen LogP contribution in [0.3, 0.4) is 0 Å². The summed E-state index contributed by atoms with van der Waals surface area (Å²) in [7, 11) is 0. The number of rotatable bonds is 3. The summed E-state index contributed by atoms with van der Waals surface area (Å²) in [4.78, 5) is 16.4. The molecule has 1 aliphatic carbocycles. The van der Waals surface area contributed by atoms with E-state index >= 15 is 0 Å². The number of pyridine rings is 1. The van der Waals surface area contributed by atoms with E-state index in [0.29, 0.717) is 6.54 Å². The van der Waals surface area contributed by atoms with Gasteiger partial charge in [-0.2, -0.15) is 0 Å². The Hall–Kier alpha value is -0.940. The van der Waals surface area contributed by atoms with Crippen LogP contribution in [0.15, 0.2) is 22.9 Å². The zero-order chi connectivity index (χ0) is 13.0. The number of hydrogen-bond acceptors (Lipinski definition) is 3. The molecule has 0 aliphatic heterocycles. The molecule has 18 heavy (non-hydrogen) atoms. The molecule has 1 aromatic heterocycles. The van der Waals surface area contributed by atoms with Gasteiger partial charge in [-0.15, -0.1) is 0 Å². The third kappa shape index (κ3) is 2.72. The third-order valence-corrected chi connectivity index (χ3v) is 4.34. The molecule has 1 saturated carbocycles. The van der Waals surface area contributed by atoms with Crippen LogP contribution in [0, 0.1) is 5.41 Å². The largest absolute Gasteiger partial charge is 0.329 e. The highest BCUT2D eigenvalue weighted by Crippen LogP contribution is 2.37. The van der Waals surface area contributed by atoms with Gasteiger partial charge < -0.3 is 11.1 Å². The fourth-order valence-corrected chi connectivity index (χ4v) is 2.83. The SMILES string of the molecule is NCC1(C(=O)Nc2ccncc2Br)CCCCC1. The Balaban J connectivity index is 2.13. The smallest absolute Gasteiger partial charge is 0.231 e. The van der Waals surface area contributed by atoms with Crippen LogP contribution < -0.4 is 11.1 Å². The van der Waals surface area contributed by atoms with Gasteiger partial charge in [-0.3, -0.25) is 9.78 Å². The Morgan fingerprint density at radius 2 is 2.17 bits per heavy atom. The lowest BCUT2D eigenvalue weighted by molar-refractivity contribution is -0.126. The molecule has 0 aromatic carbocycles. The number of amides is 1. The molecule has 1 fully saturated rings. The number of halogens is 1. The summed E-state index contributed by atoms with van der Waals surface area (Å²) in [5, 5.41) is 2.97. The molecule has 0 radical (unpaired) electrons. The first-order valence-electron chi connectivity index (χ1n) is 6.29. The zero-order valence-electron chi connectivity index (χ0n) is 10.3. The highest BCUT2D eigenvalue weighted by atomic mass is 79.9. The number of hydrogen-bond donors (Lipinski definition) is 2. The van der Waals surface area contributed by atoms with Crippen molar-refractivity contribution in [2.24, 2.45) is 11.1 Å². The van der Waals surface area contributed by atoms with Crippen LogP contribution >= 0.6 is 15.9 Å². The highest BCUT2D eigenvalue weighted by molar-refractivity contribution is 9.10. The maximum Gasteiger partial charge on any atom is 0.231 e. The van der Waals surface area contributed by atoms with E-state index in [1.54, 1.807) is 18.5 Å². The van der Waals surface area contributed by atoms with E-state index in [2.05, 4.69) is 26.2 Å². The second-order valence-corrected chi connectivity index (χ2v) is 5.71. The molecule has 0 spiro atoms. The molecule has 1 aliphatic rings. The molecule has 0 unspecified atom stereocenters.